The molecule has 146 valence electrons. The number of hydrogen-bond donors (Lipinski definition) is 1. The molecule has 1 aliphatic heterocycles. The standard InChI is InChI=1S/C20H21N3O3S2/c1-13-2-4-14(5-3-13)15-10-28-20-18(15)19(25)21-16(22-20)11-27-12-17(24)23-6-8-26-9-7-23/h2-5,10H,6-9,11-12H2,1H3,(H,21,22,25). The van der Waals surface area contributed by atoms with Gasteiger partial charge < -0.3 is 14.6 Å². The van der Waals surface area contributed by atoms with E-state index in [-0.39, 0.29) is 11.5 Å². The van der Waals surface area contributed by atoms with Crippen LogP contribution in [0.15, 0.2) is 34.4 Å². The van der Waals surface area contributed by atoms with Gasteiger partial charge in [0.25, 0.3) is 5.56 Å². The quantitative estimate of drug-likeness (QED) is 0.693. The Balaban J connectivity index is 1.47. The number of amides is 1. The summed E-state index contributed by atoms with van der Waals surface area (Å²) in [7, 11) is 0. The molecule has 4 rings (SSSR count). The summed E-state index contributed by atoms with van der Waals surface area (Å²) in [6, 6.07) is 8.13. The third kappa shape index (κ3) is 4.14. The van der Waals surface area contributed by atoms with E-state index < -0.39 is 0 Å². The van der Waals surface area contributed by atoms with Crippen molar-refractivity contribution in [2.45, 2.75) is 12.7 Å². The minimum absolute atomic E-state index is 0.106. The number of aryl methyl sites for hydroxylation is 1. The van der Waals surface area contributed by atoms with Crippen molar-refractivity contribution < 1.29 is 9.53 Å². The Labute approximate surface area is 170 Å². The molecule has 0 saturated carbocycles. The van der Waals surface area contributed by atoms with Crippen molar-refractivity contribution in [1.82, 2.24) is 14.9 Å². The number of rotatable bonds is 5. The number of morpholine rings is 1. The van der Waals surface area contributed by atoms with Crippen molar-refractivity contribution in [1.29, 1.82) is 0 Å². The van der Waals surface area contributed by atoms with Gasteiger partial charge in [-0.2, -0.15) is 0 Å². The van der Waals surface area contributed by atoms with Gasteiger partial charge in [0, 0.05) is 24.0 Å². The van der Waals surface area contributed by atoms with E-state index in [9.17, 15) is 9.59 Å². The van der Waals surface area contributed by atoms with Crippen LogP contribution in [0.2, 0.25) is 0 Å². The zero-order chi connectivity index (χ0) is 19.5. The molecule has 3 aromatic rings. The van der Waals surface area contributed by atoms with Gasteiger partial charge >= 0.3 is 0 Å². The summed E-state index contributed by atoms with van der Waals surface area (Å²) in [5.41, 5.74) is 2.98. The first-order valence-electron chi connectivity index (χ1n) is 9.12. The third-order valence-electron chi connectivity index (χ3n) is 4.68. The number of nitrogens with zero attached hydrogens (tertiary/aromatic N) is 2. The predicted molar refractivity (Wildman–Crippen MR) is 114 cm³/mol. The number of ether oxygens (including phenoxy) is 1. The van der Waals surface area contributed by atoms with Crippen molar-refractivity contribution in [3.05, 3.63) is 51.4 Å². The average molecular weight is 416 g/mol. The van der Waals surface area contributed by atoms with Crippen molar-refractivity contribution >= 4 is 39.2 Å². The molecule has 0 bridgehead atoms. The van der Waals surface area contributed by atoms with Crippen LogP contribution in [0.25, 0.3) is 21.3 Å². The fourth-order valence-electron chi connectivity index (χ4n) is 3.15. The number of carbonyl (C=O) groups is 1. The van der Waals surface area contributed by atoms with Crippen LogP contribution in [-0.2, 0) is 15.3 Å². The number of thiophene rings is 1. The van der Waals surface area contributed by atoms with Crippen LogP contribution in [0.4, 0.5) is 0 Å². The highest BCUT2D eigenvalue weighted by Crippen LogP contribution is 2.31. The Hall–Kier alpha value is -2.16. The molecule has 1 N–H and O–H groups in total. The smallest absolute Gasteiger partial charge is 0.260 e. The first kappa shape index (κ1) is 19.2. The zero-order valence-electron chi connectivity index (χ0n) is 15.6. The highest BCUT2D eigenvalue weighted by molar-refractivity contribution is 7.99. The van der Waals surface area contributed by atoms with E-state index in [4.69, 9.17) is 4.74 Å². The average Bonchev–Trinajstić information content (AvgIpc) is 3.14. The second kappa shape index (κ2) is 8.46. The van der Waals surface area contributed by atoms with Crippen LogP contribution in [0, 0.1) is 6.92 Å². The van der Waals surface area contributed by atoms with E-state index in [0.29, 0.717) is 49.0 Å². The molecule has 0 atom stereocenters. The topological polar surface area (TPSA) is 75.3 Å². The number of nitrogens with one attached hydrogen (secondary N) is 1. The number of aromatic nitrogens is 2. The van der Waals surface area contributed by atoms with Gasteiger partial charge in [0.15, 0.2) is 0 Å². The number of thioether (sulfide) groups is 1. The fraction of sp³-hybridized carbons (Fsp3) is 0.350. The molecule has 6 nitrogen and oxygen atoms in total. The lowest BCUT2D eigenvalue weighted by Gasteiger charge is -2.26. The number of aromatic amines is 1. The van der Waals surface area contributed by atoms with E-state index in [1.807, 2.05) is 41.5 Å². The normalized spacial score (nSPS) is 14.5. The van der Waals surface area contributed by atoms with Crippen molar-refractivity contribution in [2.24, 2.45) is 0 Å². The minimum Gasteiger partial charge on any atom is -0.378 e. The van der Waals surface area contributed by atoms with Crippen molar-refractivity contribution in [3.8, 4) is 11.1 Å². The van der Waals surface area contributed by atoms with Gasteiger partial charge in [0.2, 0.25) is 5.91 Å². The molecule has 1 aromatic carbocycles. The lowest BCUT2D eigenvalue weighted by molar-refractivity contribution is -0.132. The van der Waals surface area contributed by atoms with Gasteiger partial charge in [-0.3, -0.25) is 9.59 Å². The number of carbonyl (C=O) groups excluding carboxylic acids is 1. The molecule has 0 radical (unpaired) electrons. The largest absolute Gasteiger partial charge is 0.378 e. The molecule has 1 amide bonds. The van der Waals surface area contributed by atoms with E-state index in [1.54, 1.807) is 0 Å². The van der Waals surface area contributed by atoms with Gasteiger partial charge in [0.1, 0.15) is 10.7 Å². The molecule has 8 heteroatoms. The molecule has 0 spiro atoms. The maximum atomic E-state index is 12.7. The fourth-order valence-corrected chi connectivity index (χ4v) is 4.90. The number of hydrogen-bond acceptors (Lipinski definition) is 6. The highest BCUT2D eigenvalue weighted by Gasteiger charge is 2.17. The summed E-state index contributed by atoms with van der Waals surface area (Å²) in [5.74, 6) is 1.59. The van der Waals surface area contributed by atoms with Gasteiger partial charge in [-0.1, -0.05) is 29.8 Å². The lowest BCUT2D eigenvalue weighted by Crippen LogP contribution is -2.41. The molecule has 3 heterocycles. The molecule has 0 unspecified atom stereocenters. The van der Waals surface area contributed by atoms with Crippen LogP contribution in [0.1, 0.15) is 11.4 Å². The van der Waals surface area contributed by atoms with Crippen molar-refractivity contribution in [2.75, 3.05) is 32.1 Å². The van der Waals surface area contributed by atoms with Crippen LogP contribution >= 0.6 is 23.1 Å². The summed E-state index contributed by atoms with van der Waals surface area (Å²) in [6.07, 6.45) is 0. The van der Waals surface area contributed by atoms with E-state index >= 15 is 0 Å². The van der Waals surface area contributed by atoms with E-state index in [1.165, 1.54) is 28.7 Å². The Kier molecular flexibility index (Phi) is 5.79. The van der Waals surface area contributed by atoms with E-state index in [0.717, 1.165) is 16.0 Å². The number of fused-ring (bicyclic) bond motifs is 1. The Bertz CT molecular complexity index is 1040. The first-order chi connectivity index (χ1) is 13.6. The van der Waals surface area contributed by atoms with Gasteiger partial charge in [-0.15, -0.1) is 23.1 Å². The zero-order valence-corrected chi connectivity index (χ0v) is 17.2. The molecular formula is C20H21N3O3S2. The van der Waals surface area contributed by atoms with Crippen molar-refractivity contribution in [3.63, 3.8) is 0 Å². The summed E-state index contributed by atoms with van der Waals surface area (Å²) < 4.78 is 5.27. The van der Waals surface area contributed by atoms with Gasteiger partial charge in [-0.05, 0) is 12.5 Å². The molecular weight excluding hydrogens is 394 g/mol. The second-order valence-electron chi connectivity index (χ2n) is 6.69. The molecule has 2 aromatic heterocycles. The number of benzene rings is 1. The van der Waals surface area contributed by atoms with Gasteiger partial charge in [0.05, 0.1) is 30.1 Å². The Morgan fingerprint density at radius 1 is 1.29 bits per heavy atom. The maximum Gasteiger partial charge on any atom is 0.260 e. The molecule has 28 heavy (non-hydrogen) atoms. The minimum atomic E-state index is -0.128. The van der Waals surface area contributed by atoms with Crippen LogP contribution in [-0.4, -0.2) is 52.8 Å². The number of H-pyrrole nitrogens is 1. The summed E-state index contributed by atoms with van der Waals surface area (Å²) in [4.78, 5) is 34.9. The lowest BCUT2D eigenvalue weighted by atomic mass is 10.1. The molecule has 1 saturated heterocycles. The van der Waals surface area contributed by atoms with E-state index in [2.05, 4.69) is 9.97 Å². The SMILES string of the molecule is Cc1ccc(-c2csc3nc(CSCC(=O)N4CCOCC4)[nH]c(=O)c23)cc1. The maximum absolute atomic E-state index is 12.7. The molecule has 1 aliphatic rings. The molecule has 1 fully saturated rings. The summed E-state index contributed by atoms with van der Waals surface area (Å²) in [6.45, 7) is 4.54. The predicted octanol–water partition coefficient (Wildman–Crippen LogP) is 3.05. The summed E-state index contributed by atoms with van der Waals surface area (Å²) >= 11 is 2.94. The second-order valence-corrected chi connectivity index (χ2v) is 8.54. The monoisotopic (exact) mass is 415 g/mol. The van der Waals surface area contributed by atoms with Crippen LogP contribution in [0.3, 0.4) is 0 Å². The molecule has 0 aliphatic carbocycles. The Morgan fingerprint density at radius 3 is 2.79 bits per heavy atom. The third-order valence-corrected chi connectivity index (χ3v) is 6.48. The van der Waals surface area contributed by atoms with Crippen LogP contribution < -0.4 is 5.56 Å². The van der Waals surface area contributed by atoms with Crippen LogP contribution in [0.5, 0.6) is 0 Å². The summed E-state index contributed by atoms with van der Waals surface area (Å²) in [5, 5.41) is 2.61. The highest BCUT2D eigenvalue weighted by atomic mass is 32.2. The van der Waals surface area contributed by atoms with Gasteiger partial charge in [-0.25, -0.2) is 4.98 Å². The first-order valence-corrected chi connectivity index (χ1v) is 11.2. The Morgan fingerprint density at radius 2 is 2.04 bits per heavy atom.